The maximum Gasteiger partial charge on any atom is 0.311 e. The molecule has 1 atom stereocenters. The Morgan fingerprint density at radius 2 is 1.82 bits per heavy atom. The summed E-state index contributed by atoms with van der Waals surface area (Å²) in [4.78, 5) is 11.5. The number of para-hydroxylation sites is 1. The Hall–Kier alpha value is -2.29. The van der Waals surface area contributed by atoms with Crippen molar-refractivity contribution < 1.29 is 14.6 Å². The summed E-state index contributed by atoms with van der Waals surface area (Å²) in [5, 5.41) is 9.44. The van der Waals surface area contributed by atoms with E-state index in [1.165, 1.54) is 0 Å². The number of hydrogen-bond acceptors (Lipinski definition) is 2. The number of aliphatic carboxylic acids is 1. The molecule has 0 aromatic heterocycles. The van der Waals surface area contributed by atoms with Gasteiger partial charge in [-0.25, -0.2) is 0 Å². The second kappa shape index (κ2) is 7.64. The van der Waals surface area contributed by atoms with E-state index in [0.717, 1.165) is 28.9 Å². The van der Waals surface area contributed by atoms with Gasteiger partial charge in [-0.1, -0.05) is 55.0 Å². The van der Waals surface area contributed by atoms with Crippen LogP contribution in [-0.2, 0) is 11.2 Å². The maximum absolute atomic E-state index is 11.5. The Kier molecular flexibility index (Phi) is 5.59. The minimum Gasteiger partial charge on any atom is -0.493 e. The zero-order valence-corrected chi connectivity index (χ0v) is 13.1. The van der Waals surface area contributed by atoms with Crippen LogP contribution < -0.4 is 4.74 Å². The van der Waals surface area contributed by atoms with Gasteiger partial charge in [0.1, 0.15) is 5.75 Å². The summed E-state index contributed by atoms with van der Waals surface area (Å²) < 4.78 is 5.79. The van der Waals surface area contributed by atoms with Crippen LogP contribution in [0.15, 0.2) is 48.5 Å². The summed E-state index contributed by atoms with van der Waals surface area (Å²) in [6, 6.07) is 15.5. The third-order valence-corrected chi connectivity index (χ3v) is 3.80. The molecule has 116 valence electrons. The first-order valence-electron chi connectivity index (χ1n) is 7.62. The van der Waals surface area contributed by atoms with E-state index >= 15 is 0 Å². The third kappa shape index (κ3) is 4.10. The Bertz CT molecular complexity index is 617. The van der Waals surface area contributed by atoms with Crippen LogP contribution in [0.4, 0.5) is 0 Å². The van der Waals surface area contributed by atoms with Crippen molar-refractivity contribution in [2.75, 3.05) is 6.61 Å². The van der Waals surface area contributed by atoms with E-state index in [1.807, 2.05) is 55.5 Å². The van der Waals surface area contributed by atoms with E-state index in [4.69, 9.17) is 4.74 Å². The smallest absolute Gasteiger partial charge is 0.311 e. The van der Waals surface area contributed by atoms with Gasteiger partial charge >= 0.3 is 5.97 Å². The number of carboxylic acid groups (broad SMARTS) is 1. The number of carboxylic acids is 1. The normalized spacial score (nSPS) is 11.9. The molecule has 0 radical (unpaired) electrons. The SMILES string of the molecule is CCc1ccccc1OCCC(C(=O)O)c1ccc(C)cc1. The van der Waals surface area contributed by atoms with Crippen molar-refractivity contribution in [3.63, 3.8) is 0 Å². The molecule has 2 aromatic rings. The number of aryl methyl sites for hydroxylation is 2. The largest absolute Gasteiger partial charge is 0.493 e. The number of ether oxygens (including phenoxy) is 1. The number of carbonyl (C=O) groups is 1. The molecular weight excluding hydrogens is 276 g/mol. The highest BCUT2D eigenvalue weighted by atomic mass is 16.5. The third-order valence-electron chi connectivity index (χ3n) is 3.80. The Labute approximate surface area is 131 Å². The quantitative estimate of drug-likeness (QED) is 0.833. The van der Waals surface area contributed by atoms with E-state index in [1.54, 1.807) is 0 Å². The van der Waals surface area contributed by atoms with Crippen LogP contribution >= 0.6 is 0 Å². The monoisotopic (exact) mass is 298 g/mol. The summed E-state index contributed by atoms with van der Waals surface area (Å²) in [6.45, 7) is 4.46. The Morgan fingerprint density at radius 3 is 2.45 bits per heavy atom. The summed E-state index contributed by atoms with van der Waals surface area (Å²) in [6.07, 6.45) is 1.35. The molecule has 0 fully saturated rings. The summed E-state index contributed by atoms with van der Waals surface area (Å²) >= 11 is 0. The lowest BCUT2D eigenvalue weighted by Crippen LogP contribution is -2.15. The number of benzene rings is 2. The van der Waals surface area contributed by atoms with E-state index in [-0.39, 0.29) is 0 Å². The fourth-order valence-electron chi connectivity index (χ4n) is 2.45. The first-order chi connectivity index (χ1) is 10.6. The fourth-order valence-corrected chi connectivity index (χ4v) is 2.45. The van der Waals surface area contributed by atoms with Gasteiger partial charge < -0.3 is 9.84 Å². The topological polar surface area (TPSA) is 46.5 Å². The van der Waals surface area contributed by atoms with Gasteiger partial charge in [-0.3, -0.25) is 4.79 Å². The molecule has 2 aromatic carbocycles. The van der Waals surface area contributed by atoms with Gasteiger partial charge in [-0.05, 0) is 37.0 Å². The lowest BCUT2D eigenvalue weighted by Gasteiger charge is -2.15. The van der Waals surface area contributed by atoms with Gasteiger partial charge in [0.25, 0.3) is 0 Å². The van der Waals surface area contributed by atoms with Crippen molar-refractivity contribution >= 4 is 5.97 Å². The van der Waals surface area contributed by atoms with Gasteiger partial charge in [0.2, 0.25) is 0 Å². The van der Waals surface area contributed by atoms with Crippen LogP contribution in [0.25, 0.3) is 0 Å². The van der Waals surface area contributed by atoms with Gasteiger partial charge in [-0.15, -0.1) is 0 Å². The Morgan fingerprint density at radius 1 is 1.14 bits per heavy atom. The lowest BCUT2D eigenvalue weighted by atomic mass is 9.95. The molecule has 0 aliphatic carbocycles. The molecule has 1 unspecified atom stereocenters. The standard InChI is InChI=1S/C19H22O3/c1-3-15-6-4-5-7-18(15)22-13-12-17(19(20)21)16-10-8-14(2)9-11-16/h4-11,17H,3,12-13H2,1-2H3,(H,20,21). The molecule has 0 spiro atoms. The Balaban J connectivity index is 2.01. The molecule has 0 aliphatic heterocycles. The van der Waals surface area contributed by atoms with Crippen molar-refractivity contribution in [1.29, 1.82) is 0 Å². The van der Waals surface area contributed by atoms with Crippen molar-refractivity contribution in [2.45, 2.75) is 32.6 Å². The first kappa shape index (κ1) is 16.1. The van der Waals surface area contributed by atoms with Crippen LogP contribution in [0.3, 0.4) is 0 Å². The minimum atomic E-state index is -0.809. The van der Waals surface area contributed by atoms with Crippen LogP contribution in [0.5, 0.6) is 5.75 Å². The molecule has 22 heavy (non-hydrogen) atoms. The van der Waals surface area contributed by atoms with Crippen molar-refractivity contribution in [2.24, 2.45) is 0 Å². The maximum atomic E-state index is 11.5. The molecule has 0 amide bonds. The number of hydrogen-bond donors (Lipinski definition) is 1. The molecule has 0 saturated carbocycles. The van der Waals surface area contributed by atoms with Gasteiger partial charge in [0.05, 0.1) is 12.5 Å². The highest BCUT2D eigenvalue weighted by molar-refractivity contribution is 5.76. The second-order valence-electron chi connectivity index (χ2n) is 5.40. The van der Waals surface area contributed by atoms with E-state index in [9.17, 15) is 9.90 Å². The predicted octanol–water partition coefficient (Wildman–Crippen LogP) is 4.19. The molecule has 3 nitrogen and oxygen atoms in total. The molecule has 2 rings (SSSR count). The second-order valence-corrected chi connectivity index (χ2v) is 5.40. The highest BCUT2D eigenvalue weighted by Crippen LogP contribution is 2.23. The van der Waals surface area contributed by atoms with Crippen molar-refractivity contribution in [3.05, 3.63) is 65.2 Å². The van der Waals surface area contributed by atoms with E-state index in [2.05, 4.69) is 6.92 Å². The van der Waals surface area contributed by atoms with E-state index in [0.29, 0.717) is 13.0 Å². The molecular formula is C19H22O3. The fraction of sp³-hybridized carbons (Fsp3) is 0.316. The average molecular weight is 298 g/mol. The van der Waals surface area contributed by atoms with Gasteiger partial charge in [0.15, 0.2) is 0 Å². The summed E-state index contributed by atoms with van der Waals surface area (Å²) in [7, 11) is 0. The highest BCUT2D eigenvalue weighted by Gasteiger charge is 2.19. The first-order valence-corrected chi connectivity index (χ1v) is 7.62. The molecule has 0 bridgehead atoms. The van der Waals surface area contributed by atoms with Crippen molar-refractivity contribution in [3.8, 4) is 5.75 Å². The van der Waals surface area contributed by atoms with Gasteiger partial charge in [-0.2, -0.15) is 0 Å². The van der Waals surface area contributed by atoms with Crippen molar-refractivity contribution in [1.82, 2.24) is 0 Å². The summed E-state index contributed by atoms with van der Waals surface area (Å²) in [5.74, 6) is -0.497. The molecule has 1 N–H and O–H groups in total. The summed E-state index contributed by atoms with van der Waals surface area (Å²) in [5.41, 5.74) is 3.09. The number of rotatable bonds is 7. The zero-order chi connectivity index (χ0) is 15.9. The zero-order valence-electron chi connectivity index (χ0n) is 13.1. The minimum absolute atomic E-state index is 0.391. The van der Waals surface area contributed by atoms with Crippen LogP contribution in [0.1, 0.15) is 36.0 Å². The van der Waals surface area contributed by atoms with E-state index < -0.39 is 11.9 Å². The van der Waals surface area contributed by atoms with Crippen LogP contribution in [0.2, 0.25) is 0 Å². The van der Waals surface area contributed by atoms with Crippen LogP contribution in [0, 0.1) is 6.92 Å². The predicted molar refractivity (Wildman–Crippen MR) is 87.5 cm³/mol. The lowest BCUT2D eigenvalue weighted by molar-refractivity contribution is -0.139. The van der Waals surface area contributed by atoms with Gasteiger partial charge in [0, 0.05) is 0 Å². The molecule has 3 heteroatoms. The molecule has 0 aliphatic rings. The molecule has 0 saturated heterocycles. The average Bonchev–Trinajstić information content (AvgIpc) is 2.53. The van der Waals surface area contributed by atoms with Crippen LogP contribution in [-0.4, -0.2) is 17.7 Å². The molecule has 0 heterocycles.